The van der Waals surface area contributed by atoms with E-state index in [-0.39, 0.29) is 6.10 Å². The van der Waals surface area contributed by atoms with Crippen molar-refractivity contribution in [3.63, 3.8) is 0 Å². The highest BCUT2D eigenvalue weighted by Crippen LogP contribution is 2.31. The average molecular weight is 309 g/mol. The maximum Gasteiger partial charge on any atom is 0.139 e. The summed E-state index contributed by atoms with van der Waals surface area (Å²) in [6, 6.07) is 13.5. The highest BCUT2D eigenvalue weighted by molar-refractivity contribution is 6.34. The highest BCUT2D eigenvalue weighted by Gasteiger charge is 2.21. The topological polar surface area (TPSA) is 18.5 Å². The molecule has 2 aromatic rings. The fraction of sp³-hybridized carbons (Fsp3) is 0.250. The van der Waals surface area contributed by atoms with Gasteiger partial charge in [0.1, 0.15) is 18.5 Å². The molecule has 0 aromatic heterocycles. The van der Waals surface area contributed by atoms with Crippen molar-refractivity contribution in [2.45, 2.75) is 12.5 Å². The monoisotopic (exact) mass is 308 g/mol. The second-order valence-electron chi connectivity index (χ2n) is 4.69. The molecule has 0 aliphatic carbocycles. The van der Waals surface area contributed by atoms with Crippen LogP contribution in [0.3, 0.4) is 0 Å². The van der Waals surface area contributed by atoms with E-state index in [2.05, 4.69) is 18.2 Å². The van der Waals surface area contributed by atoms with Crippen molar-refractivity contribution in [2.24, 2.45) is 0 Å². The van der Waals surface area contributed by atoms with E-state index in [0.29, 0.717) is 29.0 Å². The fourth-order valence-corrected chi connectivity index (χ4v) is 2.70. The van der Waals surface area contributed by atoms with Gasteiger partial charge < -0.3 is 9.47 Å². The van der Waals surface area contributed by atoms with Crippen molar-refractivity contribution in [3.05, 3.63) is 63.6 Å². The van der Waals surface area contributed by atoms with Gasteiger partial charge in [-0.3, -0.25) is 0 Å². The number of hydrogen-bond acceptors (Lipinski definition) is 2. The molecule has 1 aliphatic heterocycles. The molecule has 1 atom stereocenters. The minimum atomic E-state index is -0.0602. The first-order valence-corrected chi connectivity index (χ1v) is 7.27. The first-order valence-electron chi connectivity index (χ1n) is 6.51. The van der Waals surface area contributed by atoms with Gasteiger partial charge in [0.25, 0.3) is 0 Å². The lowest BCUT2D eigenvalue weighted by Gasteiger charge is -2.26. The predicted molar refractivity (Wildman–Crippen MR) is 80.8 cm³/mol. The highest BCUT2D eigenvalue weighted by atomic mass is 35.5. The van der Waals surface area contributed by atoms with E-state index in [4.69, 9.17) is 32.7 Å². The molecule has 3 rings (SSSR count). The lowest BCUT2D eigenvalue weighted by molar-refractivity contribution is 0.0102. The Morgan fingerprint density at radius 2 is 2.00 bits per heavy atom. The summed E-state index contributed by atoms with van der Waals surface area (Å²) < 4.78 is 11.6. The standard InChI is InChI=1S/C16H14Cl2O2/c17-12-5-6-14(18)15(9-12)20-10-16-13-4-2-1-3-11(13)7-8-19-16/h1-6,9,16H,7-8,10H2. The van der Waals surface area contributed by atoms with Crippen molar-refractivity contribution in [1.82, 2.24) is 0 Å². The van der Waals surface area contributed by atoms with Crippen LogP contribution in [0.25, 0.3) is 0 Å². The molecule has 0 saturated carbocycles. The Bertz CT molecular complexity index is 613. The van der Waals surface area contributed by atoms with Crippen molar-refractivity contribution in [1.29, 1.82) is 0 Å². The number of ether oxygens (including phenoxy) is 2. The Morgan fingerprint density at radius 1 is 1.15 bits per heavy atom. The molecule has 1 aliphatic rings. The summed E-state index contributed by atoms with van der Waals surface area (Å²) in [5.74, 6) is 0.589. The van der Waals surface area contributed by atoms with Crippen molar-refractivity contribution >= 4 is 23.2 Å². The molecule has 20 heavy (non-hydrogen) atoms. The Kier molecular flexibility index (Phi) is 4.16. The van der Waals surface area contributed by atoms with Crippen LogP contribution in [0.1, 0.15) is 17.2 Å². The molecule has 0 saturated heterocycles. The van der Waals surface area contributed by atoms with E-state index < -0.39 is 0 Å². The molecule has 104 valence electrons. The zero-order valence-electron chi connectivity index (χ0n) is 10.8. The third-order valence-electron chi connectivity index (χ3n) is 3.38. The smallest absolute Gasteiger partial charge is 0.139 e. The lowest BCUT2D eigenvalue weighted by Crippen LogP contribution is -2.21. The Balaban J connectivity index is 1.75. The molecule has 0 amide bonds. The molecule has 1 unspecified atom stereocenters. The first-order chi connectivity index (χ1) is 9.74. The van der Waals surface area contributed by atoms with Gasteiger partial charge in [0, 0.05) is 11.1 Å². The van der Waals surface area contributed by atoms with Gasteiger partial charge in [-0.2, -0.15) is 0 Å². The first kappa shape index (κ1) is 13.7. The Morgan fingerprint density at radius 3 is 2.90 bits per heavy atom. The van der Waals surface area contributed by atoms with Crippen LogP contribution in [0.2, 0.25) is 10.0 Å². The molecule has 0 fully saturated rings. The van der Waals surface area contributed by atoms with Crippen LogP contribution in [0.15, 0.2) is 42.5 Å². The minimum absolute atomic E-state index is 0.0602. The third kappa shape index (κ3) is 2.93. The molecule has 0 bridgehead atoms. The summed E-state index contributed by atoms with van der Waals surface area (Å²) in [7, 11) is 0. The maximum atomic E-state index is 6.09. The lowest BCUT2D eigenvalue weighted by atomic mass is 9.98. The number of rotatable bonds is 3. The molecule has 4 heteroatoms. The van der Waals surface area contributed by atoms with Crippen molar-refractivity contribution < 1.29 is 9.47 Å². The van der Waals surface area contributed by atoms with Gasteiger partial charge in [-0.25, -0.2) is 0 Å². The summed E-state index contributed by atoms with van der Waals surface area (Å²) in [5.41, 5.74) is 2.52. The van der Waals surface area contributed by atoms with E-state index in [1.807, 2.05) is 6.07 Å². The van der Waals surface area contributed by atoms with E-state index in [1.54, 1.807) is 18.2 Å². The molecular formula is C16H14Cl2O2. The molecule has 1 heterocycles. The second kappa shape index (κ2) is 6.04. The van der Waals surface area contributed by atoms with Crippen LogP contribution >= 0.6 is 23.2 Å². The SMILES string of the molecule is Clc1ccc(Cl)c(OCC2OCCc3ccccc32)c1. The largest absolute Gasteiger partial charge is 0.489 e. The zero-order valence-corrected chi connectivity index (χ0v) is 12.3. The predicted octanol–water partition coefficient (Wildman–Crippen LogP) is 4.69. The number of hydrogen-bond donors (Lipinski definition) is 0. The molecular weight excluding hydrogens is 295 g/mol. The van der Waals surface area contributed by atoms with Gasteiger partial charge in [0.05, 0.1) is 11.6 Å². The molecule has 2 nitrogen and oxygen atoms in total. The van der Waals surface area contributed by atoms with Crippen LogP contribution in [0.4, 0.5) is 0 Å². The Labute approximate surface area is 128 Å². The van der Waals surface area contributed by atoms with Crippen LogP contribution < -0.4 is 4.74 Å². The van der Waals surface area contributed by atoms with Crippen molar-refractivity contribution in [3.8, 4) is 5.75 Å². The van der Waals surface area contributed by atoms with Gasteiger partial charge in [0.15, 0.2) is 0 Å². The number of halogens is 2. The number of benzene rings is 2. The zero-order chi connectivity index (χ0) is 13.9. The quantitative estimate of drug-likeness (QED) is 0.819. The Hall–Kier alpha value is -1.22. The average Bonchev–Trinajstić information content (AvgIpc) is 2.48. The van der Waals surface area contributed by atoms with Crippen LogP contribution in [-0.2, 0) is 11.2 Å². The molecule has 0 spiro atoms. The summed E-state index contributed by atoms with van der Waals surface area (Å²) in [6.45, 7) is 1.14. The summed E-state index contributed by atoms with van der Waals surface area (Å²) in [5, 5.41) is 1.16. The van der Waals surface area contributed by atoms with E-state index >= 15 is 0 Å². The summed E-state index contributed by atoms with van der Waals surface area (Å²) in [4.78, 5) is 0. The van der Waals surface area contributed by atoms with E-state index in [0.717, 1.165) is 6.42 Å². The number of fused-ring (bicyclic) bond motifs is 1. The van der Waals surface area contributed by atoms with Gasteiger partial charge in [0.2, 0.25) is 0 Å². The fourth-order valence-electron chi connectivity index (χ4n) is 2.37. The van der Waals surface area contributed by atoms with E-state index in [1.165, 1.54) is 11.1 Å². The molecule has 0 N–H and O–H groups in total. The summed E-state index contributed by atoms with van der Waals surface area (Å²) in [6.07, 6.45) is 0.889. The van der Waals surface area contributed by atoms with Crippen LogP contribution in [-0.4, -0.2) is 13.2 Å². The van der Waals surface area contributed by atoms with Gasteiger partial charge in [-0.15, -0.1) is 0 Å². The second-order valence-corrected chi connectivity index (χ2v) is 5.54. The van der Waals surface area contributed by atoms with Crippen molar-refractivity contribution in [2.75, 3.05) is 13.2 Å². The molecule has 2 aromatic carbocycles. The maximum absolute atomic E-state index is 6.09. The van der Waals surface area contributed by atoms with Crippen LogP contribution in [0, 0.1) is 0 Å². The third-order valence-corrected chi connectivity index (χ3v) is 3.92. The van der Waals surface area contributed by atoms with E-state index in [9.17, 15) is 0 Å². The normalized spacial score (nSPS) is 17.6. The van der Waals surface area contributed by atoms with Gasteiger partial charge in [-0.1, -0.05) is 47.5 Å². The molecule has 0 radical (unpaired) electrons. The van der Waals surface area contributed by atoms with Gasteiger partial charge in [-0.05, 0) is 29.7 Å². The van der Waals surface area contributed by atoms with Crippen LogP contribution in [0.5, 0.6) is 5.75 Å². The summed E-state index contributed by atoms with van der Waals surface area (Å²) >= 11 is 12.0. The minimum Gasteiger partial charge on any atom is -0.489 e. The van der Waals surface area contributed by atoms with Gasteiger partial charge >= 0.3 is 0 Å².